The van der Waals surface area contributed by atoms with E-state index in [1.807, 2.05) is 7.05 Å². The Labute approximate surface area is 122 Å². The first kappa shape index (κ1) is 17.0. The zero-order valence-corrected chi connectivity index (χ0v) is 13.1. The number of ether oxygens (including phenoxy) is 2. The summed E-state index contributed by atoms with van der Waals surface area (Å²) >= 11 is 0. The van der Waals surface area contributed by atoms with Crippen molar-refractivity contribution in [2.45, 2.75) is 26.4 Å². The lowest BCUT2D eigenvalue weighted by atomic mass is 10.1. The van der Waals surface area contributed by atoms with Crippen LogP contribution in [0.3, 0.4) is 0 Å². The van der Waals surface area contributed by atoms with Gasteiger partial charge in [-0.2, -0.15) is 0 Å². The van der Waals surface area contributed by atoms with Crippen LogP contribution >= 0.6 is 0 Å². The number of aryl methyl sites for hydroxylation is 2. The summed E-state index contributed by atoms with van der Waals surface area (Å²) in [5.74, 6) is 0.935. The van der Waals surface area contributed by atoms with Gasteiger partial charge >= 0.3 is 0 Å². The van der Waals surface area contributed by atoms with E-state index in [-0.39, 0.29) is 0 Å². The summed E-state index contributed by atoms with van der Waals surface area (Å²) in [6.07, 6.45) is 0.508. The number of benzene rings is 1. The van der Waals surface area contributed by atoms with Crippen molar-refractivity contribution >= 4 is 0 Å². The highest BCUT2D eigenvalue weighted by atomic mass is 16.5. The number of aliphatic hydroxyl groups excluding tert-OH is 1. The van der Waals surface area contributed by atoms with E-state index in [9.17, 15) is 5.11 Å². The van der Waals surface area contributed by atoms with Crippen molar-refractivity contribution < 1.29 is 14.6 Å². The fourth-order valence-corrected chi connectivity index (χ4v) is 2.24. The van der Waals surface area contributed by atoms with Gasteiger partial charge in [0.25, 0.3) is 0 Å². The average Bonchev–Trinajstić information content (AvgIpc) is 2.33. The molecule has 1 N–H and O–H groups in total. The third-order valence-corrected chi connectivity index (χ3v) is 3.03. The maximum absolute atomic E-state index is 9.62. The van der Waals surface area contributed by atoms with E-state index in [4.69, 9.17) is 9.47 Å². The number of methoxy groups -OCH3 is 1. The Balaban J connectivity index is 2.21. The number of hydrogen-bond donors (Lipinski definition) is 1. The summed E-state index contributed by atoms with van der Waals surface area (Å²) in [7, 11) is 3.59. The van der Waals surface area contributed by atoms with E-state index in [0.717, 1.165) is 18.7 Å². The predicted molar refractivity (Wildman–Crippen MR) is 81.4 cm³/mol. The Hall–Kier alpha value is -1.10. The van der Waals surface area contributed by atoms with E-state index in [1.165, 1.54) is 11.1 Å². The van der Waals surface area contributed by atoms with Gasteiger partial charge in [0.2, 0.25) is 0 Å². The van der Waals surface area contributed by atoms with Gasteiger partial charge < -0.3 is 19.5 Å². The van der Waals surface area contributed by atoms with Crippen molar-refractivity contribution in [1.29, 1.82) is 0 Å². The van der Waals surface area contributed by atoms with Crippen LogP contribution in [-0.2, 0) is 4.74 Å². The van der Waals surface area contributed by atoms with Gasteiger partial charge in [-0.15, -0.1) is 0 Å². The molecule has 4 nitrogen and oxygen atoms in total. The topological polar surface area (TPSA) is 41.9 Å². The molecule has 1 unspecified atom stereocenters. The number of aliphatic hydroxyl groups is 1. The van der Waals surface area contributed by atoms with Crippen molar-refractivity contribution in [2.75, 3.05) is 40.5 Å². The third kappa shape index (κ3) is 6.89. The summed E-state index contributed by atoms with van der Waals surface area (Å²) in [5.41, 5.74) is 2.44. The predicted octanol–water partition coefficient (Wildman–Crippen LogP) is 2.01. The van der Waals surface area contributed by atoms with Gasteiger partial charge in [0.05, 0.1) is 19.3 Å². The second-order valence-corrected chi connectivity index (χ2v) is 5.40. The van der Waals surface area contributed by atoms with Crippen LogP contribution in [-0.4, -0.2) is 56.6 Å². The zero-order valence-electron chi connectivity index (χ0n) is 13.1. The number of rotatable bonds is 9. The van der Waals surface area contributed by atoms with Gasteiger partial charge in [-0.25, -0.2) is 0 Å². The lowest BCUT2D eigenvalue weighted by Crippen LogP contribution is -2.33. The lowest BCUT2D eigenvalue weighted by molar-refractivity contribution is 0.0424. The molecule has 1 atom stereocenters. The molecule has 0 saturated heterocycles. The van der Waals surface area contributed by atoms with Crippen LogP contribution in [0.2, 0.25) is 0 Å². The first-order valence-corrected chi connectivity index (χ1v) is 7.08. The Kier molecular flexibility index (Phi) is 7.59. The molecule has 114 valence electrons. The number of nitrogens with zero attached hydrogens (tertiary/aromatic N) is 1. The maximum Gasteiger partial charge on any atom is 0.119 e. The van der Waals surface area contributed by atoms with Crippen LogP contribution in [0, 0.1) is 13.8 Å². The molecule has 1 aromatic rings. The molecule has 0 aliphatic rings. The number of likely N-dealkylation sites (N-methyl/N-ethyl adjacent to an activating group) is 1. The molecule has 0 bridgehead atoms. The van der Waals surface area contributed by atoms with E-state index in [0.29, 0.717) is 19.8 Å². The molecule has 0 heterocycles. The van der Waals surface area contributed by atoms with Gasteiger partial charge in [0, 0.05) is 20.2 Å². The minimum Gasteiger partial charge on any atom is -0.494 e. The van der Waals surface area contributed by atoms with Gasteiger partial charge in [-0.05, 0) is 50.6 Å². The van der Waals surface area contributed by atoms with Crippen LogP contribution < -0.4 is 4.74 Å². The molecular formula is C16H27NO3. The minimum absolute atomic E-state index is 0.378. The fourth-order valence-electron chi connectivity index (χ4n) is 2.24. The van der Waals surface area contributed by atoms with Crippen molar-refractivity contribution in [1.82, 2.24) is 4.90 Å². The summed E-state index contributed by atoms with van der Waals surface area (Å²) in [6, 6.07) is 6.25. The Bertz CT molecular complexity index is 375. The molecule has 0 aliphatic carbocycles. The standard InChI is InChI=1S/C16H27NO3/c1-13-8-14(2)10-16(9-13)20-7-5-6-17(3)11-15(18)12-19-4/h8-10,15,18H,5-7,11-12H2,1-4H3. The van der Waals surface area contributed by atoms with Gasteiger partial charge in [0.1, 0.15) is 5.75 Å². The second-order valence-electron chi connectivity index (χ2n) is 5.40. The smallest absolute Gasteiger partial charge is 0.119 e. The molecule has 0 aliphatic heterocycles. The van der Waals surface area contributed by atoms with Gasteiger partial charge in [-0.1, -0.05) is 6.07 Å². The highest BCUT2D eigenvalue weighted by Gasteiger charge is 2.07. The van der Waals surface area contributed by atoms with Gasteiger partial charge in [0.15, 0.2) is 0 Å². The lowest BCUT2D eigenvalue weighted by Gasteiger charge is -2.20. The van der Waals surface area contributed by atoms with E-state index in [2.05, 4.69) is 36.9 Å². The largest absolute Gasteiger partial charge is 0.494 e. The average molecular weight is 281 g/mol. The van der Waals surface area contributed by atoms with Crippen molar-refractivity contribution in [3.63, 3.8) is 0 Å². The zero-order chi connectivity index (χ0) is 15.0. The molecule has 4 heteroatoms. The summed E-state index contributed by atoms with van der Waals surface area (Å²) in [4.78, 5) is 2.09. The molecule has 1 rings (SSSR count). The first-order valence-electron chi connectivity index (χ1n) is 7.08. The summed E-state index contributed by atoms with van der Waals surface area (Å²) in [6.45, 7) is 6.73. The summed E-state index contributed by atoms with van der Waals surface area (Å²) < 4.78 is 10.7. The molecule has 0 amide bonds. The maximum atomic E-state index is 9.62. The third-order valence-electron chi connectivity index (χ3n) is 3.03. The molecule has 1 aromatic carbocycles. The quantitative estimate of drug-likeness (QED) is 0.703. The Morgan fingerprint density at radius 1 is 1.20 bits per heavy atom. The fraction of sp³-hybridized carbons (Fsp3) is 0.625. The molecular weight excluding hydrogens is 254 g/mol. The molecule has 0 saturated carbocycles. The highest BCUT2D eigenvalue weighted by Crippen LogP contribution is 2.16. The molecule has 0 aromatic heterocycles. The van der Waals surface area contributed by atoms with Crippen LogP contribution in [0.4, 0.5) is 0 Å². The highest BCUT2D eigenvalue weighted by molar-refractivity contribution is 5.32. The SMILES string of the molecule is COCC(O)CN(C)CCCOc1cc(C)cc(C)c1. The van der Waals surface area contributed by atoms with E-state index in [1.54, 1.807) is 7.11 Å². The van der Waals surface area contributed by atoms with Gasteiger partial charge in [-0.3, -0.25) is 0 Å². The first-order chi connectivity index (χ1) is 9.51. The Morgan fingerprint density at radius 3 is 2.45 bits per heavy atom. The second kappa shape index (κ2) is 8.95. The van der Waals surface area contributed by atoms with Crippen molar-refractivity contribution in [3.8, 4) is 5.75 Å². The molecule has 0 radical (unpaired) electrons. The number of hydrogen-bond acceptors (Lipinski definition) is 4. The molecule has 0 spiro atoms. The van der Waals surface area contributed by atoms with E-state index < -0.39 is 6.10 Å². The van der Waals surface area contributed by atoms with Crippen LogP contribution in [0.1, 0.15) is 17.5 Å². The van der Waals surface area contributed by atoms with Crippen molar-refractivity contribution in [2.24, 2.45) is 0 Å². The normalized spacial score (nSPS) is 12.7. The monoisotopic (exact) mass is 281 g/mol. The molecule has 20 heavy (non-hydrogen) atoms. The van der Waals surface area contributed by atoms with Crippen LogP contribution in [0.25, 0.3) is 0 Å². The minimum atomic E-state index is -0.426. The van der Waals surface area contributed by atoms with Crippen LogP contribution in [0.15, 0.2) is 18.2 Å². The summed E-state index contributed by atoms with van der Waals surface area (Å²) in [5, 5.41) is 9.62. The molecule has 0 fully saturated rings. The van der Waals surface area contributed by atoms with E-state index >= 15 is 0 Å². The Morgan fingerprint density at radius 2 is 1.85 bits per heavy atom. The van der Waals surface area contributed by atoms with Crippen molar-refractivity contribution in [3.05, 3.63) is 29.3 Å². The van der Waals surface area contributed by atoms with Crippen LogP contribution in [0.5, 0.6) is 5.75 Å².